The average molecular weight is 850 g/mol. The van der Waals surface area contributed by atoms with Crippen molar-refractivity contribution < 1.29 is 32.7 Å². The number of allylic oxidation sites excluding steroid dienone is 1. The number of nitrogens with zero attached hydrogens (tertiary/aromatic N) is 5. The number of aliphatic imine (C=N–C) groups is 1. The number of anilines is 2. The summed E-state index contributed by atoms with van der Waals surface area (Å²) >= 11 is 0. The molecule has 0 spiro atoms. The predicted octanol–water partition coefficient (Wildman–Crippen LogP) is 5.63. The number of carbonyl (C=O) groups excluding carboxylic acids is 4. The van der Waals surface area contributed by atoms with Crippen molar-refractivity contribution in [2.45, 2.75) is 64.7 Å². The van der Waals surface area contributed by atoms with Crippen LogP contribution in [0.5, 0.6) is 0 Å². The molecule has 3 fully saturated rings. The standard InChI is InChI=1S/C46H53F2N9O5/c1-26-5-4-16-62-44(50-3)34(22-49)38-20-31(17-27(2)51-38)42(59)54-46-52-37-8-6-30(21-39(37)57(46)23-26)45(61)56-14-11-29(12-15-56)32-24-55(25-32)13-10-28-18-35(47)41(36(48)19-28)33-7-9-40(58)53-43(33)60/h6,8,17-22,26,29,32-33,49-50H,4-5,7,9-16,23-25H2,1-3H3,(H,52,54,59)(H,53,58,60)/b44-34-,49-22?/t26-,33-/m1/s1. The maximum absolute atomic E-state index is 15.0. The highest BCUT2D eigenvalue weighted by atomic mass is 19.1. The van der Waals surface area contributed by atoms with Gasteiger partial charge in [-0.3, -0.25) is 29.5 Å². The Morgan fingerprint density at radius 1 is 0.984 bits per heavy atom. The molecule has 1 aromatic heterocycles. The van der Waals surface area contributed by atoms with Gasteiger partial charge in [-0.1, -0.05) is 6.92 Å². The highest BCUT2D eigenvalue weighted by Crippen LogP contribution is 2.37. The van der Waals surface area contributed by atoms with E-state index in [1.165, 1.54) is 18.3 Å². The third kappa shape index (κ3) is 8.96. The molecule has 3 saturated heterocycles. The van der Waals surface area contributed by atoms with Gasteiger partial charge in [-0.2, -0.15) is 4.99 Å². The van der Waals surface area contributed by atoms with E-state index in [0.29, 0.717) is 96.5 Å². The zero-order valence-electron chi connectivity index (χ0n) is 35.4. The van der Waals surface area contributed by atoms with Crippen molar-refractivity contribution >= 4 is 52.8 Å². The molecule has 14 nitrogen and oxygen atoms in total. The fourth-order valence-electron chi connectivity index (χ4n) is 9.43. The van der Waals surface area contributed by atoms with Crippen LogP contribution in [0.2, 0.25) is 0 Å². The quantitative estimate of drug-likeness (QED) is 0.165. The largest absolute Gasteiger partial charge is 0.479 e. The number of piperidine rings is 2. The fourth-order valence-corrected chi connectivity index (χ4v) is 9.43. The van der Waals surface area contributed by atoms with E-state index < -0.39 is 35.3 Å². The minimum Gasteiger partial charge on any atom is -0.479 e. The van der Waals surface area contributed by atoms with Gasteiger partial charge >= 0.3 is 0 Å². The molecular weight excluding hydrogens is 797 g/mol. The summed E-state index contributed by atoms with van der Waals surface area (Å²) in [6.45, 7) is 8.65. The molecular formula is C46H53F2N9O5. The lowest BCUT2D eigenvalue weighted by Gasteiger charge is -2.46. The number of rotatable bonds is 8. The van der Waals surface area contributed by atoms with E-state index in [1.807, 2.05) is 28.0 Å². The number of halogens is 2. The smallest absolute Gasteiger partial charge is 0.280 e. The van der Waals surface area contributed by atoms with E-state index in [9.17, 15) is 19.2 Å². The molecule has 62 heavy (non-hydrogen) atoms. The van der Waals surface area contributed by atoms with Crippen molar-refractivity contribution in [3.8, 4) is 0 Å². The van der Waals surface area contributed by atoms with Crippen molar-refractivity contribution in [2.75, 3.05) is 63.1 Å². The van der Waals surface area contributed by atoms with Gasteiger partial charge in [0.25, 0.3) is 11.8 Å². The van der Waals surface area contributed by atoms with Gasteiger partial charge in [-0.15, -0.1) is 0 Å². The fraction of sp³-hybridized carbons (Fsp3) is 0.457. The molecule has 0 aliphatic carbocycles. The maximum Gasteiger partial charge on any atom is 0.280 e. The van der Waals surface area contributed by atoms with Crippen LogP contribution in [0, 0.1) is 41.7 Å². The predicted molar refractivity (Wildman–Crippen MR) is 231 cm³/mol. The molecule has 326 valence electrons. The average Bonchev–Trinajstić information content (AvgIpc) is 3.56. The highest BCUT2D eigenvalue weighted by molar-refractivity contribution is 6.20. The first-order valence-electron chi connectivity index (χ1n) is 21.6. The number of pyridine rings is 1. The summed E-state index contributed by atoms with van der Waals surface area (Å²) in [4.78, 5) is 66.9. The number of aryl methyl sites for hydroxylation is 1. The molecule has 0 saturated carbocycles. The van der Waals surface area contributed by atoms with Crippen LogP contribution >= 0.6 is 0 Å². The Hall–Kier alpha value is -6.03. The number of likely N-dealkylation sites (tertiary alicyclic amines) is 2. The summed E-state index contributed by atoms with van der Waals surface area (Å²) in [7, 11) is 1.73. The molecule has 16 heteroatoms. The molecule has 8 rings (SSSR count). The monoisotopic (exact) mass is 849 g/mol. The van der Waals surface area contributed by atoms with Crippen molar-refractivity contribution in [3.05, 3.63) is 93.6 Å². The second kappa shape index (κ2) is 18.1. The first-order chi connectivity index (χ1) is 29.9. The number of benzene rings is 2. The van der Waals surface area contributed by atoms with Gasteiger partial charge < -0.3 is 35.5 Å². The Kier molecular flexibility index (Phi) is 12.5. The topological polar surface area (TPSA) is 172 Å². The van der Waals surface area contributed by atoms with E-state index >= 15 is 8.78 Å². The van der Waals surface area contributed by atoms with Crippen LogP contribution in [0.4, 0.5) is 20.2 Å². The van der Waals surface area contributed by atoms with E-state index in [2.05, 4.69) is 37.8 Å². The minimum atomic E-state index is -1.01. The second-order valence-corrected chi connectivity index (χ2v) is 17.2. The van der Waals surface area contributed by atoms with Gasteiger partial charge in [0.1, 0.15) is 11.6 Å². The SMILES string of the molecule is CN/C1=C(\C=N)c2cc(cc(C)n2)C(=O)/N=C2\Nc3ccc(C(=O)N4CCC(C5CN(CCc6cc(F)c([C@H]7CCC(=O)NC7=O)c(F)c6)C5)CC4)cc3N2C[C@H](C)CCCO1. The van der Waals surface area contributed by atoms with Crippen LogP contribution in [0.3, 0.4) is 0 Å². The molecule has 6 heterocycles. The third-order valence-electron chi connectivity index (χ3n) is 12.8. The number of fused-ring (bicyclic) bond motifs is 5. The van der Waals surface area contributed by atoms with E-state index in [4.69, 9.17) is 10.1 Å². The minimum absolute atomic E-state index is 0.0378. The number of nitrogens with one attached hydrogen (secondary N) is 4. The molecule has 2 atom stereocenters. The summed E-state index contributed by atoms with van der Waals surface area (Å²) in [5.74, 6) is -2.17. The summed E-state index contributed by atoms with van der Waals surface area (Å²) in [5.41, 5.74) is 4.16. The molecule has 0 radical (unpaired) electrons. The lowest BCUT2D eigenvalue weighted by molar-refractivity contribution is -0.134. The summed E-state index contributed by atoms with van der Waals surface area (Å²) in [6.07, 6.45) is 5.15. The zero-order chi connectivity index (χ0) is 43.7. The highest BCUT2D eigenvalue weighted by Gasteiger charge is 2.37. The number of carbonyl (C=O) groups is 4. The number of hydrogen-bond donors (Lipinski definition) is 4. The molecule has 2 aromatic carbocycles. The normalized spacial score (nSPS) is 23.7. The molecule has 4 N–H and O–H groups in total. The first-order valence-corrected chi connectivity index (χ1v) is 21.6. The van der Waals surface area contributed by atoms with Gasteiger partial charge in [0.15, 0.2) is 5.88 Å². The van der Waals surface area contributed by atoms with Crippen LogP contribution in [-0.2, 0) is 20.7 Å². The van der Waals surface area contributed by atoms with Crippen molar-refractivity contribution in [3.63, 3.8) is 0 Å². The van der Waals surface area contributed by atoms with Crippen LogP contribution < -0.4 is 20.9 Å². The van der Waals surface area contributed by atoms with Gasteiger partial charge in [-0.25, -0.2) is 8.78 Å². The van der Waals surface area contributed by atoms with Gasteiger partial charge in [0.2, 0.25) is 17.8 Å². The van der Waals surface area contributed by atoms with E-state index in [1.54, 1.807) is 26.1 Å². The molecule has 3 aromatic rings. The molecule has 5 aliphatic rings. The molecule has 2 bridgehead atoms. The number of ether oxygens (including phenoxy) is 1. The lowest BCUT2D eigenvalue weighted by Crippen LogP contribution is -2.52. The van der Waals surface area contributed by atoms with E-state index in [-0.39, 0.29) is 30.2 Å². The van der Waals surface area contributed by atoms with E-state index in [0.717, 1.165) is 50.1 Å². The number of amides is 4. The Morgan fingerprint density at radius 3 is 2.45 bits per heavy atom. The van der Waals surface area contributed by atoms with Gasteiger partial charge in [0.05, 0.1) is 35.2 Å². The number of imide groups is 1. The van der Waals surface area contributed by atoms with Crippen molar-refractivity contribution in [1.82, 2.24) is 25.4 Å². The van der Waals surface area contributed by atoms with Gasteiger partial charge in [0, 0.05) is 81.3 Å². The second-order valence-electron chi connectivity index (χ2n) is 17.2. The Morgan fingerprint density at radius 2 is 1.74 bits per heavy atom. The third-order valence-corrected chi connectivity index (χ3v) is 12.8. The number of guanidine groups is 1. The summed E-state index contributed by atoms with van der Waals surface area (Å²) < 4.78 is 36.2. The van der Waals surface area contributed by atoms with Crippen LogP contribution in [-0.4, -0.2) is 104 Å². The van der Waals surface area contributed by atoms with Crippen molar-refractivity contribution in [1.29, 1.82) is 5.41 Å². The van der Waals surface area contributed by atoms with Crippen LogP contribution in [0.1, 0.15) is 94.6 Å². The molecule has 5 aliphatic heterocycles. The number of aromatic nitrogens is 1. The Bertz CT molecular complexity index is 2330. The maximum atomic E-state index is 15.0. The Balaban J connectivity index is 0.881. The number of hydrogen-bond acceptors (Lipinski definition) is 11. The summed E-state index contributed by atoms with van der Waals surface area (Å²) in [5, 5.41) is 16.6. The van der Waals surface area contributed by atoms with Crippen LogP contribution in [0.15, 0.2) is 53.3 Å². The van der Waals surface area contributed by atoms with Crippen LogP contribution in [0.25, 0.3) is 5.57 Å². The lowest BCUT2D eigenvalue weighted by atomic mass is 9.79. The van der Waals surface area contributed by atoms with Crippen molar-refractivity contribution in [2.24, 2.45) is 22.7 Å². The molecule has 4 amide bonds. The molecule has 0 unspecified atom stereocenters. The Labute approximate surface area is 359 Å². The zero-order valence-corrected chi connectivity index (χ0v) is 35.4. The summed E-state index contributed by atoms with van der Waals surface area (Å²) in [6, 6.07) is 11.5. The van der Waals surface area contributed by atoms with Gasteiger partial charge in [-0.05, 0) is 111 Å². The first kappa shape index (κ1) is 42.7.